The van der Waals surface area contributed by atoms with E-state index in [1.165, 1.54) is 17.7 Å². The van der Waals surface area contributed by atoms with Crippen LogP contribution in [0.4, 0.5) is 4.39 Å². The molecule has 0 aromatic heterocycles. The van der Waals surface area contributed by atoms with Crippen molar-refractivity contribution < 1.29 is 9.18 Å². The topological polar surface area (TPSA) is 29.1 Å². The van der Waals surface area contributed by atoms with E-state index in [0.717, 1.165) is 11.1 Å². The molecule has 0 atom stereocenters. The predicted molar refractivity (Wildman–Crippen MR) is 73.1 cm³/mol. The van der Waals surface area contributed by atoms with Crippen LogP contribution in [0.3, 0.4) is 0 Å². The third-order valence-corrected chi connectivity index (χ3v) is 2.85. The number of carbonyl (C=O) groups excluding carboxylic acids is 1. The van der Waals surface area contributed by atoms with Crippen molar-refractivity contribution in [1.82, 2.24) is 5.32 Å². The Labute approximate surface area is 112 Å². The van der Waals surface area contributed by atoms with Gasteiger partial charge in [-0.3, -0.25) is 4.79 Å². The van der Waals surface area contributed by atoms with Crippen molar-refractivity contribution in [3.05, 3.63) is 71.0 Å². The molecule has 0 radical (unpaired) electrons. The molecule has 98 valence electrons. The van der Waals surface area contributed by atoms with Crippen LogP contribution < -0.4 is 5.32 Å². The number of hydrogen-bond acceptors (Lipinski definition) is 1. The average molecular weight is 257 g/mol. The van der Waals surface area contributed by atoms with Crippen molar-refractivity contribution in [1.29, 1.82) is 0 Å². The van der Waals surface area contributed by atoms with Crippen LogP contribution in [0.1, 0.15) is 16.7 Å². The fourth-order valence-corrected chi connectivity index (χ4v) is 1.87. The summed E-state index contributed by atoms with van der Waals surface area (Å²) in [6.45, 7) is 2.53. The number of nitrogens with one attached hydrogen (secondary N) is 1. The Morgan fingerprint density at radius 1 is 1.11 bits per heavy atom. The number of aryl methyl sites for hydroxylation is 1. The standard InChI is InChI=1S/C16H16FNO/c1-12-3-2-4-14(9-12)11-18-16(19)10-13-5-7-15(17)8-6-13/h2-9H,10-11H2,1H3,(H,18,19). The molecule has 0 aliphatic heterocycles. The maximum Gasteiger partial charge on any atom is 0.224 e. The SMILES string of the molecule is Cc1cccc(CNC(=O)Cc2ccc(F)cc2)c1. The quantitative estimate of drug-likeness (QED) is 0.896. The summed E-state index contributed by atoms with van der Waals surface area (Å²) in [5.74, 6) is -0.350. The molecule has 0 aliphatic carbocycles. The molecule has 3 heteroatoms. The van der Waals surface area contributed by atoms with E-state index in [4.69, 9.17) is 0 Å². The number of rotatable bonds is 4. The molecule has 1 amide bonds. The Balaban J connectivity index is 1.86. The molecule has 0 unspecified atom stereocenters. The summed E-state index contributed by atoms with van der Waals surface area (Å²) in [4.78, 5) is 11.8. The lowest BCUT2D eigenvalue weighted by Gasteiger charge is -2.06. The number of halogens is 1. The van der Waals surface area contributed by atoms with Gasteiger partial charge in [-0.25, -0.2) is 4.39 Å². The maximum atomic E-state index is 12.7. The largest absolute Gasteiger partial charge is 0.352 e. The van der Waals surface area contributed by atoms with Crippen LogP contribution in [0.5, 0.6) is 0 Å². The summed E-state index contributed by atoms with van der Waals surface area (Å²) in [6.07, 6.45) is 0.270. The van der Waals surface area contributed by atoms with Gasteiger partial charge in [-0.1, -0.05) is 42.0 Å². The number of carbonyl (C=O) groups is 1. The molecule has 0 fully saturated rings. The minimum Gasteiger partial charge on any atom is -0.352 e. The molecule has 0 heterocycles. The van der Waals surface area contributed by atoms with Gasteiger partial charge in [0.1, 0.15) is 5.82 Å². The highest BCUT2D eigenvalue weighted by atomic mass is 19.1. The van der Waals surface area contributed by atoms with Gasteiger partial charge in [0.05, 0.1) is 6.42 Å². The first kappa shape index (κ1) is 13.3. The molecule has 0 saturated heterocycles. The molecule has 1 N–H and O–H groups in total. The normalized spacial score (nSPS) is 10.2. The van der Waals surface area contributed by atoms with Crippen molar-refractivity contribution in [3.8, 4) is 0 Å². The van der Waals surface area contributed by atoms with Crippen LogP contribution in [-0.4, -0.2) is 5.91 Å². The van der Waals surface area contributed by atoms with Crippen molar-refractivity contribution in [2.45, 2.75) is 19.9 Å². The van der Waals surface area contributed by atoms with Crippen molar-refractivity contribution in [2.24, 2.45) is 0 Å². The van der Waals surface area contributed by atoms with E-state index in [2.05, 4.69) is 5.32 Å². The Morgan fingerprint density at radius 3 is 2.53 bits per heavy atom. The van der Waals surface area contributed by atoms with Crippen LogP contribution in [0.15, 0.2) is 48.5 Å². The summed E-state index contributed by atoms with van der Waals surface area (Å²) in [5, 5.41) is 2.86. The monoisotopic (exact) mass is 257 g/mol. The first-order valence-electron chi connectivity index (χ1n) is 6.20. The van der Waals surface area contributed by atoms with E-state index in [9.17, 15) is 9.18 Å². The van der Waals surface area contributed by atoms with Gasteiger partial charge in [-0.2, -0.15) is 0 Å². The first-order valence-corrected chi connectivity index (χ1v) is 6.20. The summed E-state index contributed by atoms with van der Waals surface area (Å²) >= 11 is 0. The zero-order valence-electron chi connectivity index (χ0n) is 10.8. The Kier molecular flexibility index (Phi) is 4.29. The van der Waals surface area contributed by atoms with E-state index >= 15 is 0 Å². The lowest BCUT2D eigenvalue weighted by molar-refractivity contribution is -0.120. The van der Waals surface area contributed by atoms with E-state index in [1.54, 1.807) is 12.1 Å². The van der Waals surface area contributed by atoms with Gasteiger partial charge in [0.2, 0.25) is 5.91 Å². The molecule has 2 aromatic carbocycles. The molecule has 0 aliphatic rings. The molecule has 0 bridgehead atoms. The second-order valence-electron chi connectivity index (χ2n) is 4.57. The third kappa shape index (κ3) is 4.21. The summed E-state index contributed by atoms with van der Waals surface area (Å²) < 4.78 is 12.7. The molecule has 2 nitrogen and oxygen atoms in total. The molecule has 0 spiro atoms. The van der Waals surface area contributed by atoms with Gasteiger partial charge in [0, 0.05) is 6.54 Å². The number of amides is 1. The Hall–Kier alpha value is -2.16. The van der Waals surface area contributed by atoms with Crippen molar-refractivity contribution >= 4 is 5.91 Å². The van der Waals surface area contributed by atoms with Gasteiger partial charge < -0.3 is 5.32 Å². The molecule has 0 saturated carbocycles. The van der Waals surface area contributed by atoms with Crippen LogP contribution in [-0.2, 0) is 17.8 Å². The molecule has 2 rings (SSSR count). The lowest BCUT2D eigenvalue weighted by atomic mass is 10.1. The zero-order valence-corrected chi connectivity index (χ0v) is 10.8. The highest BCUT2D eigenvalue weighted by molar-refractivity contribution is 5.78. The Bertz CT molecular complexity index is 563. The summed E-state index contributed by atoms with van der Waals surface area (Å²) in [6, 6.07) is 14.0. The van der Waals surface area contributed by atoms with Gasteiger partial charge in [-0.15, -0.1) is 0 Å². The third-order valence-electron chi connectivity index (χ3n) is 2.85. The minimum absolute atomic E-state index is 0.0619. The first-order chi connectivity index (χ1) is 9.13. The summed E-state index contributed by atoms with van der Waals surface area (Å²) in [7, 11) is 0. The highest BCUT2D eigenvalue weighted by Gasteiger charge is 2.03. The highest BCUT2D eigenvalue weighted by Crippen LogP contribution is 2.05. The molecule has 19 heavy (non-hydrogen) atoms. The van der Waals surface area contributed by atoms with E-state index in [-0.39, 0.29) is 18.1 Å². The average Bonchev–Trinajstić information content (AvgIpc) is 2.39. The maximum absolute atomic E-state index is 12.7. The second kappa shape index (κ2) is 6.14. The second-order valence-corrected chi connectivity index (χ2v) is 4.57. The van der Waals surface area contributed by atoms with Crippen LogP contribution in [0, 0.1) is 12.7 Å². The van der Waals surface area contributed by atoms with Gasteiger partial charge in [0.25, 0.3) is 0 Å². The van der Waals surface area contributed by atoms with Crippen molar-refractivity contribution in [2.75, 3.05) is 0 Å². The molecular weight excluding hydrogens is 241 g/mol. The van der Waals surface area contributed by atoms with Crippen LogP contribution in [0.2, 0.25) is 0 Å². The fraction of sp³-hybridized carbons (Fsp3) is 0.188. The minimum atomic E-state index is -0.288. The van der Waals surface area contributed by atoms with Crippen LogP contribution in [0.25, 0.3) is 0 Å². The lowest BCUT2D eigenvalue weighted by Crippen LogP contribution is -2.24. The van der Waals surface area contributed by atoms with E-state index < -0.39 is 0 Å². The predicted octanol–water partition coefficient (Wildman–Crippen LogP) is 2.99. The van der Waals surface area contributed by atoms with E-state index in [0.29, 0.717) is 6.54 Å². The van der Waals surface area contributed by atoms with Crippen molar-refractivity contribution in [3.63, 3.8) is 0 Å². The number of benzene rings is 2. The smallest absolute Gasteiger partial charge is 0.224 e. The molecular formula is C16H16FNO. The van der Waals surface area contributed by atoms with E-state index in [1.807, 2.05) is 31.2 Å². The number of hydrogen-bond donors (Lipinski definition) is 1. The fourth-order valence-electron chi connectivity index (χ4n) is 1.87. The van der Waals surface area contributed by atoms with Gasteiger partial charge in [-0.05, 0) is 30.2 Å². The zero-order chi connectivity index (χ0) is 13.7. The van der Waals surface area contributed by atoms with Gasteiger partial charge in [0.15, 0.2) is 0 Å². The summed E-state index contributed by atoms with van der Waals surface area (Å²) in [5.41, 5.74) is 3.06. The molecule has 2 aromatic rings. The van der Waals surface area contributed by atoms with Crippen LogP contribution >= 0.6 is 0 Å². The Morgan fingerprint density at radius 2 is 1.84 bits per heavy atom. The van der Waals surface area contributed by atoms with Gasteiger partial charge >= 0.3 is 0 Å².